The van der Waals surface area contributed by atoms with Crippen LogP contribution in [0.1, 0.15) is 37.5 Å². The van der Waals surface area contributed by atoms with Crippen LogP contribution in [0.3, 0.4) is 0 Å². The molecule has 0 aromatic heterocycles. The average molecular weight is 219 g/mol. The molecule has 0 aliphatic carbocycles. The normalized spacial score (nSPS) is 14.8. The molecule has 0 aliphatic heterocycles. The van der Waals surface area contributed by atoms with Crippen molar-refractivity contribution in [3.8, 4) is 0 Å². The van der Waals surface area contributed by atoms with E-state index in [2.05, 4.69) is 58.1 Å². The van der Waals surface area contributed by atoms with Gasteiger partial charge in [-0.3, -0.25) is 0 Å². The van der Waals surface area contributed by atoms with Gasteiger partial charge in [-0.05, 0) is 56.3 Å². The Morgan fingerprint density at radius 2 is 1.81 bits per heavy atom. The van der Waals surface area contributed by atoms with Gasteiger partial charge in [0.2, 0.25) is 0 Å². The molecule has 1 nitrogen and oxygen atoms in total. The van der Waals surface area contributed by atoms with Crippen LogP contribution in [0.5, 0.6) is 0 Å². The first-order valence-electron chi connectivity index (χ1n) is 6.34. The molecular formula is C15H25N. The molecular weight excluding hydrogens is 194 g/mol. The second kappa shape index (κ2) is 6.05. The van der Waals surface area contributed by atoms with Crippen LogP contribution >= 0.6 is 0 Å². The number of hydrogen-bond donors (Lipinski definition) is 1. The minimum Gasteiger partial charge on any atom is -0.314 e. The summed E-state index contributed by atoms with van der Waals surface area (Å²) in [4.78, 5) is 0. The van der Waals surface area contributed by atoms with Gasteiger partial charge in [-0.1, -0.05) is 32.0 Å². The summed E-state index contributed by atoms with van der Waals surface area (Å²) >= 11 is 0. The molecule has 0 spiro atoms. The summed E-state index contributed by atoms with van der Waals surface area (Å²) in [6.45, 7) is 12.2. The van der Waals surface area contributed by atoms with Gasteiger partial charge in [0, 0.05) is 6.04 Å². The third-order valence-corrected chi connectivity index (χ3v) is 3.51. The lowest BCUT2D eigenvalue weighted by atomic mass is 9.93. The lowest BCUT2D eigenvalue weighted by molar-refractivity contribution is 0.406. The van der Waals surface area contributed by atoms with Crippen molar-refractivity contribution in [3.05, 3.63) is 34.9 Å². The van der Waals surface area contributed by atoms with E-state index in [-0.39, 0.29) is 0 Å². The van der Waals surface area contributed by atoms with Crippen LogP contribution in [0.4, 0.5) is 0 Å². The zero-order chi connectivity index (χ0) is 12.1. The zero-order valence-electron chi connectivity index (χ0n) is 11.3. The number of nitrogens with one attached hydrogen (secondary N) is 1. The lowest BCUT2D eigenvalue weighted by Gasteiger charge is -2.21. The highest BCUT2D eigenvalue weighted by molar-refractivity contribution is 5.30. The summed E-state index contributed by atoms with van der Waals surface area (Å²) in [7, 11) is 0. The Balaban J connectivity index is 2.62. The Labute approximate surface area is 100 Å². The lowest BCUT2D eigenvalue weighted by Crippen LogP contribution is -2.32. The van der Waals surface area contributed by atoms with E-state index >= 15 is 0 Å². The second-order valence-electron chi connectivity index (χ2n) is 4.95. The van der Waals surface area contributed by atoms with Crippen molar-refractivity contribution in [2.24, 2.45) is 5.92 Å². The van der Waals surface area contributed by atoms with Gasteiger partial charge in [0.25, 0.3) is 0 Å². The van der Waals surface area contributed by atoms with Gasteiger partial charge in [-0.15, -0.1) is 0 Å². The molecule has 1 rings (SSSR count). The van der Waals surface area contributed by atoms with Gasteiger partial charge in [0.15, 0.2) is 0 Å². The monoisotopic (exact) mass is 219 g/mol. The summed E-state index contributed by atoms with van der Waals surface area (Å²) in [5, 5.41) is 3.49. The Morgan fingerprint density at radius 1 is 1.12 bits per heavy atom. The summed E-state index contributed by atoms with van der Waals surface area (Å²) in [5.41, 5.74) is 4.25. The third kappa shape index (κ3) is 3.64. The highest BCUT2D eigenvalue weighted by Crippen LogP contribution is 2.15. The van der Waals surface area contributed by atoms with Crippen LogP contribution in [0.2, 0.25) is 0 Å². The molecule has 1 N–H and O–H groups in total. The summed E-state index contributed by atoms with van der Waals surface area (Å²) < 4.78 is 0. The third-order valence-electron chi connectivity index (χ3n) is 3.51. The Kier molecular flexibility index (Phi) is 5.01. The van der Waals surface area contributed by atoms with Crippen molar-refractivity contribution in [2.75, 3.05) is 6.54 Å². The van der Waals surface area contributed by atoms with E-state index < -0.39 is 0 Å². The molecule has 16 heavy (non-hydrogen) atoms. The summed E-state index contributed by atoms with van der Waals surface area (Å²) in [6, 6.07) is 7.41. The van der Waals surface area contributed by atoms with Crippen molar-refractivity contribution >= 4 is 0 Å². The molecule has 1 heteroatoms. The highest BCUT2D eigenvalue weighted by Gasteiger charge is 2.11. The maximum atomic E-state index is 3.49. The van der Waals surface area contributed by atoms with Gasteiger partial charge in [0.05, 0.1) is 0 Å². The maximum Gasteiger partial charge on any atom is 0.00674 e. The van der Waals surface area contributed by atoms with Gasteiger partial charge >= 0.3 is 0 Å². The van der Waals surface area contributed by atoms with Crippen molar-refractivity contribution in [1.82, 2.24) is 5.32 Å². The molecule has 1 aromatic carbocycles. The first kappa shape index (κ1) is 13.2. The van der Waals surface area contributed by atoms with E-state index in [1.807, 2.05) is 0 Å². The standard InChI is InChI=1S/C15H25N/c1-6-16-14(5)13(4)10-15-8-7-11(2)12(3)9-15/h7-9,13-14,16H,6,10H2,1-5H3. The van der Waals surface area contributed by atoms with E-state index in [9.17, 15) is 0 Å². The van der Waals surface area contributed by atoms with E-state index in [1.54, 1.807) is 0 Å². The fraction of sp³-hybridized carbons (Fsp3) is 0.600. The largest absolute Gasteiger partial charge is 0.314 e. The summed E-state index contributed by atoms with van der Waals surface area (Å²) in [6.07, 6.45) is 1.16. The molecule has 1 aromatic rings. The molecule has 90 valence electrons. The first-order valence-corrected chi connectivity index (χ1v) is 6.34. The second-order valence-corrected chi connectivity index (χ2v) is 4.95. The van der Waals surface area contributed by atoms with E-state index in [0.717, 1.165) is 13.0 Å². The van der Waals surface area contributed by atoms with Crippen molar-refractivity contribution < 1.29 is 0 Å². The van der Waals surface area contributed by atoms with Gasteiger partial charge in [0.1, 0.15) is 0 Å². The SMILES string of the molecule is CCNC(C)C(C)Cc1ccc(C)c(C)c1. The zero-order valence-corrected chi connectivity index (χ0v) is 11.3. The molecule has 0 saturated heterocycles. The molecule has 0 heterocycles. The van der Waals surface area contributed by atoms with Crippen LogP contribution in [0, 0.1) is 19.8 Å². The molecule has 0 radical (unpaired) electrons. The van der Waals surface area contributed by atoms with Crippen LogP contribution < -0.4 is 5.32 Å². The maximum absolute atomic E-state index is 3.49. The van der Waals surface area contributed by atoms with Gasteiger partial charge in [-0.25, -0.2) is 0 Å². The highest BCUT2D eigenvalue weighted by atomic mass is 14.9. The van der Waals surface area contributed by atoms with Crippen LogP contribution in [0.15, 0.2) is 18.2 Å². The predicted octanol–water partition coefficient (Wildman–Crippen LogP) is 3.48. The van der Waals surface area contributed by atoms with Gasteiger partial charge < -0.3 is 5.32 Å². The molecule has 0 saturated carbocycles. The smallest absolute Gasteiger partial charge is 0.00674 e. The Hall–Kier alpha value is -0.820. The van der Waals surface area contributed by atoms with Crippen molar-refractivity contribution in [1.29, 1.82) is 0 Å². The first-order chi connectivity index (χ1) is 7.54. The predicted molar refractivity (Wildman–Crippen MR) is 71.9 cm³/mol. The number of benzene rings is 1. The number of rotatable bonds is 5. The molecule has 0 amide bonds. The molecule has 2 atom stereocenters. The van der Waals surface area contributed by atoms with E-state index in [1.165, 1.54) is 16.7 Å². The average Bonchev–Trinajstić information content (AvgIpc) is 2.24. The van der Waals surface area contributed by atoms with Crippen molar-refractivity contribution in [2.45, 2.75) is 47.1 Å². The van der Waals surface area contributed by atoms with E-state index in [4.69, 9.17) is 0 Å². The topological polar surface area (TPSA) is 12.0 Å². The minimum absolute atomic E-state index is 0.589. The van der Waals surface area contributed by atoms with Crippen LogP contribution in [-0.2, 0) is 6.42 Å². The van der Waals surface area contributed by atoms with E-state index in [0.29, 0.717) is 12.0 Å². The van der Waals surface area contributed by atoms with Gasteiger partial charge in [-0.2, -0.15) is 0 Å². The molecule has 0 fully saturated rings. The number of aryl methyl sites for hydroxylation is 2. The minimum atomic E-state index is 0.589. The fourth-order valence-corrected chi connectivity index (χ4v) is 2.00. The van der Waals surface area contributed by atoms with Crippen molar-refractivity contribution in [3.63, 3.8) is 0 Å². The van der Waals surface area contributed by atoms with Crippen LogP contribution in [0.25, 0.3) is 0 Å². The Morgan fingerprint density at radius 3 is 2.38 bits per heavy atom. The Bertz CT molecular complexity index is 330. The summed E-state index contributed by atoms with van der Waals surface area (Å²) in [5.74, 6) is 0.682. The quantitative estimate of drug-likeness (QED) is 0.799. The molecule has 0 bridgehead atoms. The number of hydrogen-bond acceptors (Lipinski definition) is 1. The van der Waals surface area contributed by atoms with Crippen LogP contribution in [-0.4, -0.2) is 12.6 Å². The molecule has 0 aliphatic rings. The molecule has 2 unspecified atom stereocenters. The fourth-order valence-electron chi connectivity index (χ4n) is 2.00.